The molecule has 2 N–H and O–H groups in total. The second-order valence-corrected chi connectivity index (χ2v) is 6.02. The second-order valence-electron chi connectivity index (χ2n) is 6.02. The fourth-order valence-corrected chi connectivity index (χ4v) is 2.83. The molecule has 0 radical (unpaired) electrons. The number of hydrogen-bond acceptors (Lipinski definition) is 4. The van der Waals surface area contributed by atoms with Gasteiger partial charge in [-0.2, -0.15) is 0 Å². The van der Waals surface area contributed by atoms with Crippen LogP contribution in [0.2, 0.25) is 0 Å². The van der Waals surface area contributed by atoms with Crippen molar-refractivity contribution in [3.05, 3.63) is 23.8 Å². The van der Waals surface area contributed by atoms with Crippen LogP contribution in [0.3, 0.4) is 0 Å². The van der Waals surface area contributed by atoms with Crippen molar-refractivity contribution in [2.75, 3.05) is 34.4 Å². The van der Waals surface area contributed by atoms with Gasteiger partial charge in [-0.05, 0) is 52.0 Å². The van der Waals surface area contributed by atoms with Gasteiger partial charge in [0.25, 0.3) is 0 Å². The molecule has 0 aromatic heterocycles. The van der Waals surface area contributed by atoms with Gasteiger partial charge in [0.1, 0.15) is 11.5 Å². The Morgan fingerprint density at radius 1 is 1.26 bits per heavy atom. The lowest BCUT2D eigenvalue weighted by atomic mass is 10.1. The normalized spacial score (nSPS) is 17.4. The summed E-state index contributed by atoms with van der Waals surface area (Å²) in [6.45, 7) is 3.98. The fraction of sp³-hybridized carbons (Fsp3) is 0.588. The van der Waals surface area contributed by atoms with E-state index in [0.29, 0.717) is 5.75 Å². The predicted octanol–water partition coefficient (Wildman–Crippen LogP) is 2.16. The van der Waals surface area contributed by atoms with Gasteiger partial charge in [-0.15, -0.1) is 0 Å². The highest BCUT2D eigenvalue weighted by molar-refractivity contribution is 5.75. The molecule has 2 amide bonds. The smallest absolute Gasteiger partial charge is 0.315 e. The lowest BCUT2D eigenvalue weighted by Crippen LogP contribution is -2.47. The predicted molar refractivity (Wildman–Crippen MR) is 90.1 cm³/mol. The van der Waals surface area contributed by atoms with Gasteiger partial charge in [0.05, 0.1) is 20.3 Å². The summed E-state index contributed by atoms with van der Waals surface area (Å²) in [4.78, 5) is 14.5. The Morgan fingerprint density at radius 3 is 2.57 bits per heavy atom. The van der Waals surface area contributed by atoms with Gasteiger partial charge in [-0.1, -0.05) is 0 Å². The van der Waals surface area contributed by atoms with Crippen LogP contribution in [0.5, 0.6) is 11.5 Å². The number of ether oxygens (including phenoxy) is 2. The molecule has 6 heteroatoms. The minimum Gasteiger partial charge on any atom is -0.497 e. The first kappa shape index (κ1) is 17.4. The van der Waals surface area contributed by atoms with Crippen molar-refractivity contribution >= 4 is 6.03 Å². The molecule has 0 bridgehead atoms. The van der Waals surface area contributed by atoms with Crippen molar-refractivity contribution < 1.29 is 14.3 Å². The Balaban J connectivity index is 1.93. The Hall–Kier alpha value is -1.95. The number of likely N-dealkylation sites (tertiary alicyclic amines) is 1. The molecule has 1 fully saturated rings. The van der Waals surface area contributed by atoms with Crippen molar-refractivity contribution in [2.45, 2.75) is 31.8 Å². The van der Waals surface area contributed by atoms with Crippen molar-refractivity contribution in [3.8, 4) is 11.5 Å². The van der Waals surface area contributed by atoms with E-state index >= 15 is 0 Å². The van der Waals surface area contributed by atoms with Gasteiger partial charge >= 0.3 is 6.03 Å². The number of methoxy groups -OCH3 is 2. The van der Waals surface area contributed by atoms with Crippen LogP contribution in [0.25, 0.3) is 0 Å². The average molecular weight is 321 g/mol. The number of piperidine rings is 1. The molecule has 128 valence electrons. The van der Waals surface area contributed by atoms with E-state index < -0.39 is 0 Å². The third kappa shape index (κ3) is 4.76. The molecule has 1 atom stereocenters. The molecule has 1 aliphatic heterocycles. The maximum atomic E-state index is 12.2. The lowest BCUT2D eigenvalue weighted by molar-refractivity contribution is 0.212. The molecule has 1 aliphatic rings. The maximum Gasteiger partial charge on any atom is 0.315 e. The Morgan fingerprint density at radius 2 is 1.96 bits per heavy atom. The molecule has 0 aliphatic carbocycles. The zero-order chi connectivity index (χ0) is 16.8. The van der Waals surface area contributed by atoms with Gasteiger partial charge in [0.2, 0.25) is 0 Å². The highest BCUT2D eigenvalue weighted by Gasteiger charge is 2.20. The van der Waals surface area contributed by atoms with Crippen LogP contribution in [0, 0.1) is 0 Å². The average Bonchev–Trinajstić information content (AvgIpc) is 2.56. The summed E-state index contributed by atoms with van der Waals surface area (Å²) in [5.74, 6) is 1.44. The minimum absolute atomic E-state index is 0.134. The van der Waals surface area contributed by atoms with Gasteiger partial charge in [0, 0.05) is 17.7 Å². The van der Waals surface area contributed by atoms with E-state index in [1.165, 1.54) is 0 Å². The number of nitrogens with one attached hydrogen (secondary N) is 2. The summed E-state index contributed by atoms with van der Waals surface area (Å²) < 4.78 is 10.6. The molecule has 1 aromatic rings. The summed E-state index contributed by atoms with van der Waals surface area (Å²) in [6, 6.07) is 5.56. The molecule has 23 heavy (non-hydrogen) atoms. The summed E-state index contributed by atoms with van der Waals surface area (Å²) in [6.07, 6.45) is 1.98. The van der Waals surface area contributed by atoms with E-state index in [9.17, 15) is 4.79 Å². The highest BCUT2D eigenvalue weighted by Crippen LogP contribution is 2.29. The van der Waals surface area contributed by atoms with Crippen molar-refractivity contribution in [2.24, 2.45) is 0 Å². The number of benzene rings is 1. The van der Waals surface area contributed by atoms with Crippen molar-refractivity contribution in [1.29, 1.82) is 0 Å². The minimum atomic E-state index is -0.151. The summed E-state index contributed by atoms with van der Waals surface area (Å²) >= 11 is 0. The van der Waals surface area contributed by atoms with E-state index in [0.717, 1.165) is 37.2 Å². The van der Waals surface area contributed by atoms with Crippen molar-refractivity contribution in [1.82, 2.24) is 15.5 Å². The number of amides is 2. The zero-order valence-corrected chi connectivity index (χ0v) is 14.4. The van der Waals surface area contributed by atoms with E-state index in [-0.39, 0.29) is 18.1 Å². The first-order valence-corrected chi connectivity index (χ1v) is 8.01. The Bertz CT molecular complexity index is 528. The Labute approximate surface area is 138 Å². The standard InChI is InChI=1S/C17H27N3O3/c1-12(15-6-5-14(22-3)11-16(15)23-4)18-17(21)19-13-7-9-20(2)10-8-13/h5-6,11-13H,7-10H2,1-4H3,(H2,18,19,21). The molecule has 0 spiro atoms. The first-order valence-electron chi connectivity index (χ1n) is 8.01. The Kier molecular flexibility index (Phi) is 6.10. The molecular formula is C17H27N3O3. The maximum absolute atomic E-state index is 12.2. The number of rotatable bonds is 5. The van der Waals surface area contributed by atoms with Crippen LogP contribution in [0.1, 0.15) is 31.4 Å². The van der Waals surface area contributed by atoms with E-state index in [1.807, 2.05) is 25.1 Å². The molecule has 6 nitrogen and oxygen atoms in total. The van der Waals surface area contributed by atoms with Crippen LogP contribution in [0.4, 0.5) is 4.79 Å². The van der Waals surface area contributed by atoms with E-state index in [1.54, 1.807) is 14.2 Å². The zero-order valence-electron chi connectivity index (χ0n) is 14.4. The van der Waals surface area contributed by atoms with E-state index in [4.69, 9.17) is 9.47 Å². The molecule has 1 unspecified atom stereocenters. The number of urea groups is 1. The summed E-state index contributed by atoms with van der Waals surface area (Å²) in [7, 11) is 5.34. The first-order chi connectivity index (χ1) is 11.0. The highest BCUT2D eigenvalue weighted by atomic mass is 16.5. The molecule has 0 saturated carbocycles. The van der Waals surface area contributed by atoms with Crippen LogP contribution in [-0.4, -0.2) is 51.3 Å². The van der Waals surface area contributed by atoms with Crippen LogP contribution < -0.4 is 20.1 Å². The summed E-state index contributed by atoms with van der Waals surface area (Å²) in [5.41, 5.74) is 0.923. The van der Waals surface area contributed by atoms with Crippen LogP contribution in [-0.2, 0) is 0 Å². The largest absolute Gasteiger partial charge is 0.497 e. The van der Waals surface area contributed by atoms with E-state index in [2.05, 4.69) is 22.6 Å². The van der Waals surface area contributed by atoms with Crippen molar-refractivity contribution in [3.63, 3.8) is 0 Å². The molecule has 1 heterocycles. The molecule has 1 saturated heterocycles. The van der Waals surface area contributed by atoms with Gasteiger partial charge < -0.3 is 25.0 Å². The summed E-state index contributed by atoms with van der Waals surface area (Å²) in [5, 5.41) is 6.04. The molecular weight excluding hydrogens is 294 g/mol. The van der Waals surface area contributed by atoms with Crippen LogP contribution in [0.15, 0.2) is 18.2 Å². The lowest BCUT2D eigenvalue weighted by Gasteiger charge is -2.30. The van der Waals surface area contributed by atoms with Gasteiger partial charge in [-0.3, -0.25) is 0 Å². The number of carbonyl (C=O) groups is 1. The molecule has 2 rings (SSSR count). The number of nitrogens with zero attached hydrogens (tertiary/aromatic N) is 1. The molecule has 1 aromatic carbocycles. The monoisotopic (exact) mass is 321 g/mol. The SMILES string of the molecule is COc1ccc(C(C)NC(=O)NC2CCN(C)CC2)c(OC)c1. The third-order valence-corrected chi connectivity index (χ3v) is 4.31. The number of carbonyl (C=O) groups excluding carboxylic acids is 1. The topological polar surface area (TPSA) is 62.8 Å². The van der Waals surface area contributed by atoms with Gasteiger partial charge in [-0.25, -0.2) is 4.79 Å². The fourth-order valence-electron chi connectivity index (χ4n) is 2.83. The number of hydrogen-bond donors (Lipinski definition) is 2. The van der Waals surface area contributed by atoms with Crippen LogP contribution >= 0.6 is 0 Å². The second kappa shape index (κ2) is 8.06. The third-order valence-electron chi connectivity index (χ3n) is 4.31. The van der Waals surface area contributed by atoms with Gasteiger partial charge in [0.15, 0.2) is 0 Å². The quantitative estimate of drug-likeness (QED) is 0.872.